The number of para-hydroxylation sites is 1. The van der Waals surface area contributed by atoms with Crippen LogP contribution in [0, 0.1) is 0 Å². The van der Waals surface area contributed by atoms with Crippen LogP contribution >= 0.6 is 23.1 Å². The molecule has 3 N–H and O–H groups in total. The monoisotopic (exact) mass is 589 g/mol. The van der Waals surface area contributed by atoms with Gasteiger partial charge in [0.15, 0.2) is 5.13 Å². The Morgan fingerprint density at radius 2 is 1.48 bits per heavy atom. The number of aromatic nitrogens is 1. The highest BCUT2D eigenvalue weighted by Gasteiger charge is 2.24. The van der Waals surface area contributed by atoms with Gasteiger partial charge in [-0.3, -0.25) is 9.59 Å². The third kappa shape index (κ3) is 5.74. The summed E-state index contributed by atoms with van der Waals surface area (Å²) in [4.78, 5) is 44.1. The second-order valence-corrected chi connectivity index (χ2v) is 11.6. The van der Waals surface area contributed by atoms with Crippen LogP contribution in [0.15, 0.2) is 120 Å². The van der Waals surface area contributed by atoms with Crippen LogP contribution in [0.2, 0.25) is 0 Å². The second kappa shape index (κ2) is 11.9. The van der Waals surface area contributed by atoms with Crippen molar-refractivity contribution < 1.29 is 19.5 Å². The number of thiazole rings is 1. The van der Waals surface area contributed by atoms with Crippen LogP contribution in [0.4, 0.5) is 10.8 Å². The van der Waals surface area contributed by atoms with Crippen molar-refractivity contribution in [2.45, 2.75) is 10.1 Å². The molecule has 1 unspecified atom stereocenters. The van der Waals surface area contributed by atoms with Gasteiger partial charge in [0.05, 0.1) is 15.8 Å². The molecule has 206 valence electrons. The Kier molecular flexibility index (Phi) is 7.68. The Labute approximate surface area is 249 Å². The summed E-state index contributed by atoms with van der Waals surface area (Å²) in [6, 6.07) is 34.5. The molecule has 5 aromatic carbocycles. The lowest BCUT2D eigenvalue weighted by molar-refractivity contribution is -0.115. The molecule has 0 aliphatic rings. The first-order chi connectivity index (χ1) is 20.5. The third-order valence-electron chi connectivity index (χ3n) is 6.59. The predicted molar refractivity (Wildman–Crippen MR) is 169 cm³/mol. The van der Waals surface area contributed by atoms with Crippen molar-refractivity contribution in [2.75, 3.05) is 10.6 Å². The lowest BCUT2D eigenvalue weighted by Gasteiger charge is -2.17. The third-order valence-corrected chi connectivity index (χ3v) is 8.79. The molecule has 7 nitrogen and oxygen atoms in total. The number of hydrogen-bond donors (Lipinski definition) is 3. The van der Waals surface area contributed by atoms with Crippen LogP contribution in [0.1, 0.15) is 31.5 Å². The van der Waals surface area contributed by atoms with Crippen molar-refractivity contribution in [3.8, 4) is 0 Å². The van der Waals surface area contributed by atoms with E-state index in [0.717, 1.165) is 20.7 Å². The van der Waals surface area contributed by atoms with Gasteiger partial charge < -0.3 is 15.7 Å². The largest absolute Gasteiger partial charge is 0.478 e. The highest BCUT2D eigenvalue weighted by Crippen LogP contribution is 2.38. The first-order valence-corrected chi connectivity index (χ1v) is 14.7. The van der Waals surface area contributed by atoms with Gasteiger partial charge in [-0.1, -0.05) is 84.1 Å². The van der Waals surface area contributed by atoms with Crippen LogP contribution in [-0.2, 0) is 4.79 Å². The number of carboxylic acids is 1. The van der Waals surface area contributed by atoms with Crippen LogP contribution in [-0.4, -0.2) is 27.9 Å². The summed E-state index contributed by atoms with van der Waals surface area (Å²) in [5, 5.41) is 16.6. The summed E-state index contributed by atoms with van der Waals surface area (Å²) < 4.78 is 0.988. The normalized spacial score (nSPS) is 11.7. The number of aromatic carboxylic acids is 1. The fourth-order valence-electron chi connectivity index (χ4n) is 4.69. The quantitative estimate of drug-likeness (QED) is 0.156. The summed E-state index contributed by atoms with van der Waals surface area (Å²) in [5.41, 5.74) is 2.50. The van der Waals surface area contributed by atoms with Gasteiger partial charge in [-0.2, -0.15) is 0 Å². The first kappa shape index (κ1) is 27.2. The van der Waals surface area contributed by atoms with E-state index in [0.29, 0.717) is 21.6 Å². The molecule has 6 rings (SSSR count). The Hall–Kier alpha value is -4.99. The van der Waals surface area contributed by atoms with E-state index in [1.54, 1.807) is 48.5 Å². The van der Waals surface area contributed by atoms with Gasteiger partial charge in [0.25, 0.3) is 5.91 Å². The topological polar surface area (TPSA) is 108 Å². The van der Waals surface area contributed by atoms with E-state index in [2.05, 4.69) is 15.6 Å². The minimum atomic E-state index is -1.10. The van der Waals surface area contributed by atoms with E-state index in [-0.39, 0.29) is 17.0 Å². The molecule has 1 atom stereocenters. The van der Waals surface area contributed by atoms with Gasteiger partial charge in [0.2, 0.25) is 5.91 Å². The number of nitrogens with zero attached hydrogens (tertiary/aromatic N) is 1. The molecule has 0 aliphatic carbocycles. The highest BCUT2D eigenvalue weighted by molar-refractivity contribution is 8.00. The average Bonchev–Trinajstić information content (AvgIpc) is 3.42. The fraction of sp³-hybridized carbons (Fsp3) is 0.0303. The molecule has 42 heavy (non-hydrogen) atoms. The molecule has 0 saturated carbocycles. The highest BCUT2D eigenvalue weighted by atomic mass is 32.2. The number of anilines is 2. The van der Waals surface area contributed by atoms with Crippen LogP contribution in [0.5, 0.6) is 0 Å². The molecule has 6 aromatic rings. The summed E-state index contributed by atoms with van der Waals surface area (Å²) in [5.74, 6) is -1.74. The van der Waals surface area contributed by atoms with E-state index in [4.69, 9.17) is 0 Å². The minimum absolute atomic E-state index is 0.0624. The van der Waals surface area contributed by atoms with Crippen molar-refractivity contribution in [2.24, 2.45) is 0 Å². The standard InChI is InChI=1S/C33H23N3O4S2/c37-30(24-15-6-11-20-12-7-16-25(28(20)24)32(39)40)34-22-13-8-14-23(19-22)41-29(21-9-2-1-3-10-21)31(38)36-33-35-26-17-4-5-18-27(26)42-33/h1-19,29H,(H,34,37)(H,39,40)(H,35,36,38). The number of fused-ring (bicyclic) bond motifs is 2. The molecule has 0 fully saturated rings. The van der Waals surface area contributed by atoms with E-state index >= 15 is 0 Å². The van der Waals surface area contributed by atoms with E-state index in [1.165, 1.54) is 29.2 Å². The zero-order valence-electron chi connectivity index (χ0n) is 22.0. The number of amides is 2. The number of thioether (sulfide) groups is 1. The number of benzene rings is 5. The summed E-state index contributed by atoms with van der Waals surface area (Å²) in [6.07, 6.45) is 0. The molecule has 0 aliphatic heterocycles. The summed E-state index contributed by atoms with van der Waals surface area (Å²) in [7, 11) is 0. The van der Waals surface area contributed by atoms with Crippen LogP contribution in [0.3, 0.4) is 0 Å². The molecule has 0 saturated heterocycles. The Morgan fingerprint density at radius 1 is 0.762 bits per heavy atom. The summed E-state index contributed by atoms with van der Waals surface area (Å²) in [6.45, 7) is 0. The zero-order chi connectivity index (χ0) is 29.1. The van der Waals surface area contributed by atoms with E-state index in [1.807, 2.05) is 60.7 Å². The van der Waals surface area contributed by atoms with Gasteiger partial charge in [0.1, 0.15) is 5.25 Å². The number of carbonyl (C=O) groups excluding carboxylic acids is 2. The lowest BCUT2D eigenvalue weighted by Crippen LogP contribution is -2.19. The lowest BCUT2D eigenvalue weighted by atomic mass is 9.98. The maximum atomic E-state index is 13.6. The molecule has 0 spiro atoms. The number of carboxylic acid groups (broad SMARTS) is 1. The molecule has 2 amide bonds. The summed E-state index contributed by atoms with van der Waals surface area (Å²) >= 11 is 2.78. The zero-order valence-corrected chi connectivity index (χ0v) is 23.6. The number of hydrogen-bond acceptors (Lipinski definition) is 6. The van der Waals surface area contributed by atoms with Gasteiger partial charge >= 0.3 is 5.97 Å². The van der Waals surface area contributed by atoms with Gasteiger partial charge in [0, 0.05) is 21.5 Å². The van der Waals surface area contributed by atoms with Crippen LogP contribution in [0.25, 0.3) is 21.0 Å². The Morgan fingerprint density at radius 3 is 2.24 bits per heavy atom. The van der Waals surface area contributed by atoms with E-state index in [9.17, 15) is 19.5 Å². The van der Waals surface area contributed by atoms with Crippen molar-refractivity contribution in [3.63, 3.8) is 0 Å². The maximum absolute atomic E-state index is 13.6. The van der Waals surface area contributed by atoms with Crippen molar-refractivity contribution in [1.82, 2.24) is 4.98 Å². The Balaban J connectivity index is 1.26. The smallest absolute Gasteiger partial charge is 0.336 e. The molecule has 0 bridgehead atoms. The average molecular weight is 590 g/mol. The van der Waals surface area contributed by atoms with E-state index < -0.39 is 17.1 Å². The number of rotatable bonds is 8. The second-order valence-electron chi connectivity index (χ2n) is 9.38. The predicted octanol–water partition coefficient (Wildman–Crippen LogP) is 7.87. The molecular formula is C33H23N3O4S2. The number of nitrogens with one attached hydrogen (secondary N) is 2. The number of carbonyl (C=O) groups is 3. The Bertz CT molecular complexity index is 1920. The van der Waals surface area contributed by atoms with Crippen molar-refractivity contribution >= 4 is 72.7 Å². The fourth-order valence-corrected chi connectivity index (χ4v) is 6.64. The SMILES string of the molecule is O=C(O)c1cccc2cccc(C(=O)Nc3cccc(SC(C(=O)Nc4nc5ccccc5s4)c4ccccc4)c3)c12. The molecular weight excluding hydrogens is 567 g/mol. The van der Waals surface area contributed by atoms with Gasteiger partial charge in [-0.05, 0) is 53.4 Å². The van der Waals surface area contributed by atoms with Crippen molar-refractivity contribution in [3.05, 3.63) is 132 Å². The molecule has 1 heterocycles. The van der Waals surface area contributed by atoms with Crippen LogP contribution < -0.4 is 10.6 Å². The molecule has 1 aromatic heterocycles. The minimum Gasteiger partial charge on any atom is -0.478 e. The van der Waals surface area contributed by atoms with Gasteiger partial charge in [-0.25, -0.2) is 9.78 Å². The first-order valence-electron chi connectivity index (χ1n) is 13.0. The molecule has 9 heteroatoms. The maximum Gasteiger partial charge on any atom is 0.336 e. The molecule has 0 radical (unpaired) electrons. The van der Waals surface area contributed by atoms with Crippen molar-refractivity contribution in [1.29, 1.82) is 0 Å². The van der Waals surface area contributed by atoms with Gasteiger partial charge in [-0.15, -0.1) is 11.8 Å².